The molecule has 0 atom stereocenters. The predicted octanol–water partition coefficient (Wildman–Crippen LogP) is 2.09. The average molecular weight is 288 g/mol. The van der Waals surface area contributed by atoms with Crippen molar-refractivity contribution in [1.29, 1.82) is 0 Å². The van der Waals surface area contributed by atoms with Gasteiger partial charge in [0.15, 0.2) is 0 Å². The van der Waals surface area contributed by atoms with Crippen LogP contribution in [-0.2, 0) is 16.1 Å². The normalized spacial score (nSPS) is 15.9. The highest BCUT2D eigenvalue weighted by atomic mass is 16.2. The molecule has 1 aromatic rings. The molecule has 4 nitrogen and oxygen atoms in total. The Hall–Kier alpha value is -1.68. The third kappa shape index (κ3) is 5.31. The largest absolute Gasteiger partial charge is 0.340 e. The minimum atomic E-state index is 0.236. The van der Waals surface area contributed by atoms with Crippen LogP contribution in [0.25, 0.3) is 0 Å². The summed E-state index contributed by atoms with van der Waals surface area (Å²) in [6.45, 7) is 4.48. The lowest BCUT2D eigenvalue weighted by Gasteiger charge is -2.34. The molecule has 0 saturated carbocycles. The van der Waals surface area contributed by atoms with E-state index in [1.807, 2.05) is 11.0 Å². The number of amides is 1. The van der Waals surface area contributed by atoms with Crippen LogP contribution in [0.2, 0.25) is 0 Å². The van der Waals surface area contributed by atoms with Crippen molar-refractivity contribution in [2.45, 2.75) is 32.2 Å². The zero-order valence-electron chi connectivity index (χ0n) is 12.5. The van der Waals surface area contributed by atoms with Gasteiger partial charge < -0.3 is 9.69 Å². The summed E-state index contributed by atoms with van der Waals surface area (Å²) in [7, 11) is 0. The van der Waals surface area contributed by atoms with Gasteiger partial charge in [-0.1, -0.05) is 30.3 Å². The van der Waals surface area contributed by atoms with Gasteiger partial charge in [0.25, 0.3) is 0 Å². The summed E-state index contributed by atoms with van der Waals surface area (Å²) in [5.74, 6) is 0.236. The van der Waals surface area contributed by atoms with Gasteiger partial charge in [-0.15, -0.1) is 0 Å². The SMILES string of the molecule is O=CCCCCC(=O)N1CCN(Cc2ccccc2)CC1. The maximum atomic E-state index is 12.0. The van der Waals surface area contributed by atoms with Gasteiger partial charge in [0.2, 0.25) is 5.91 Å². The van der Waals surface area contributed by atoms with E-state index in [0.717, 1.165) is 51.9 Å². The number of aldehydes is 1. The Labute approximate surface area is 126 Å². The first-order chi connectivity index (χ1) is 10.3. The molecule has 1 aliphatic rings. The van der Waals surface area contributed by atoms with Gasteiger partial charge >= 0.3 is 0 Å². The van der Waals surface area contributed by atoms with Crippen molar-refractivity contribution in [3.05, 3.63) is 35.9 Å². The Balaban J connectivity index is 1.68. The van der Waals surface area contributed by atoms with Gasteiger partial charge in [-0.3, -0.25) is 9.69 Å². The summed E-state index contributed by atoms with van der Waals surface area (Å²) >= 11 is 0. The number of piperazine rings is 1. The second-order valence-electron chi connectivity index (χ2n) is 5.55. The summed E-state index contributed by atoms with van der Waals surface area (Å²) in [5, 5.41) is 0. The predicted molar refractivity (Wildman–Crippen MR) is 82.8 cm³/mol. The van der Waals surface area contributed by atoms with Crippen LogP contribution in [0.5, 0.6) is 0 Å². The standard InChI is InChI=1S/C17H24N2O2/c20-14-6-2-5-9-17(21)19-12-10-18(11-13-19)15-16-7-3-1-4-8-16/h1,3-4,7-8,14H,2,5-6,9-13,15H2. The number of carbonyl (C=O) groups is 2. The van der Waals surface area contributed by atoms with E-state index in [4.69, 9.17) is 0 Å². The highest BCUT2D eigenvalue weighted by molar-refractivity contribution is 5.76. The first kappa shape index (κ1) is 15.7. The van der Waals surface area contributed by atoms with Crippen molar-refractivity contribution < 1.29 is 9.59 Å². The number of rotatable bonds is 7. The molecule has 1 amide bonds. The molecule has 1 aliphatic heterocycles. The molecule has 1 saturated heterocycles. The number of carbonyl (C=O) groups excluding carboxylic acids is 2. The zero-order valence-corrected chi connectivity index (χ0v) is 12.5. The van der Waals surface area contributed by atoms with Crippen LogP contribution in [0.3, 0.4) is 0 Å². The molecule has 0 unspecified atom stereocenters. The molecular weight excluding hydrogens is 264 g/mol. The van der Waals surface area contributed by atoms with Crippen molar-refractivity contribution in [2.24, 2.45) is 0 Å². The van der Waals surface area contributed by atoms with E-state index in [-0.39, 0.29) is 5.91 Å². The Morgan fingerprint density at radius 3 is 2.43 bits per heavy atom. The molecule has 0 radical (unpaired) electrons. The fourth-order valence-corrected chi connectivity index (χ4v) is 2.66. The molecule has 0 bridgehead atoms. The lowest BCUT2D eigenvalue weighted by molar-refractivity contribution is -0.133. The maximum Gasteiger partial charge on any atom is 0.222 e. The molecule has 0 aromatic heterocycles. The van der Waals surface area contributed by atoms with Crippen LogP contribution in [0, 0.1) is 0 Å². The summed E-state index contributed by atoms with van der Waals surface area (Å²) in [6.07, 6.45) is 3.71. The number of unbranched alkanes of at least 4 members (excludes halogenated alkanes) is 2. The van der Waals surface area contributed by atoms with Crippen LogP contribution < -0.4 is 0 Å². The molecule has 2 rings (SSSR count). The first-order valence-corrected chi connectivity index (χ1v) is 7.77. The lowest BCUT2D eigenvalue weighted by Crippen LogP contribution is -2.48. The third-order valence-corrected chi connectivity index (χ3v) is 3.94. The summed E-state index contributed by atoms with van der Waals surface area (Å²) in [5.41, 5.74) is 1.33. The van der Waals surface area contributed by atoms with E-state index in [1.165, 1.54) is 5.56 Å². The smallest absolute Gasteiger partial charge is 0.222 e. The van der Waals surface area contributed by atoms with Crippen molar-refractivity contribution in [1.82, 2.24) is 9.80 Å². The van der Waals surface area contributed by atoms with Crippen molar-refractivity contribution >= 4 is 12.2 Å². The number of nitrogens with zero attached hydrogens (tertiary/aromatic N) is 2. The molecule has 114 valence electrons. The van der Waals surface area contributed by atoms with Gasteiger partial charge in [-0.25, -0.2) is 0 Å². The second-order valence-corrected chi connectivity index (χ2v) is 5.55. The molecule has 1 heterocycles. The van der Waals surface area contributed by atoms with Crippen LogP contribution in [-0.4, -0.2) is 48.2 Å². The fourth-order valence-electron chi connectivity index (χ4n) is 2.66. The van der Waals surface area contributed by atoms with E-state index in [0.29, 0.717) is 12.8 Å². The quantitative estimate of drug-likeness (QED) is 0.570. The topological polar surface area (TPSA) is 40.6 Å². The van der Waals surface area contributed by atoms with E-state index in [1.54, 1.807) is 0 Å². The maximum absolute atomic E-state index is 12.0. The Morgan fingerprint density at radius 2 is 1.76 bits per heavy atom. The Morgan fingerprint density at radius 1 is 1.05 bits per heavy atom. The molecule has 21 heavy (non-hydrogen) atoms. The van der Waals surface area contributed by atoms with E-state index in [9.17, 15) is 9.59 Å². The molecule has 4 heteroatoms. The Kier molecular flexibility index (Phi) is 6.41. The number of hydrogen-bond donors (Lipinski definition) is 0. The monoisotopic (exact) mass is 288 g/mol. The minimum Gasteiger partial charge on any atom is -0.340 e. The molecule has 1 aromatic carbocycles. The second kappa shape index (κ2) is 8.57. The summed E-state index contributed by atoms with van der Waals surface area (Å²) < 4.78 is 0. The Bertz CT molecular complexity index is 439. The first-order valence-electron chi connectivity index (χ1n) is 7.77. The highest BCUT2D eigenvalue weighted by Crippen LogP contribution is 2.10. The molecular formula is C17H24N2O2. The number of benzene rings is 1. The molecule has 0 aliphatic carbocycles. The van der Waals surface area contributed by atoms with Gasteiger partial charge in [0, 0.05) is 45.6 Å². The van der Waals surface area contributed by atoms with Gasteiger partial charge in [-0.2, -0.15) is 0 Å². The van der Waals surface area contributed by atoms with Crippen LogP contribution >= 0.6 is 0 Å². The fraction of sp³-hybridized carbons (Fsp3) is 0.529. The van der Waals surface area contributed by atoms with Crippen molar-refractivity contribution in [3.8, 4) is 0 Å². The van der Waals surface area contributed by atoms with Crippen LogP contribution in [0.4, 0.5) is 0 Å². The van der Waals surface area contributed by atoms with E-state index >= 15 is 0 Å². The third-order valence-electron chi connectivity index (χ3n) is 3.94. The van der Waals surface area contributed by atoms with Gasteiger partial charge in [0.05, 0.1) is 0 Å². The number of hydrogen-bond acceptors (Lipinski definition) is 3. The molecule has 1 fully saturated rings. The molecule has 0 N–H and O–H groups in total. The highest BCUT2D eigenvalue weighted by Gasteiger charge is 2.20. The van der Waals surface area contributed by atoms with Gasteiger partial charge in [-0.05, 0) is 18.4 Å². The van der Waals surface area contributed by atoms with E-state index in [2.05, 4.69) is 29.2 Å². The zero-order chi connectivity index (χ0) is 14.9. The van der Waals surface area contributed by atoms with Crippen LogP contribution in [0.15, 0.2) is 30.3 Å². The summed E-state index contributed by atoms with van der Waals surface area (Å²) in [4.78, 5) is 26.6. The van der Waals surface area contributed by atoms with Crippen LogP contribution in [0.1, 0.15) is 31.2 Å². The van der Waals surface area contributed by atoms with Crippen molar-refractivity contribution in [2.75, 3.05) is 26.2 Å². The lowest BCUT2D eigenvalue weighted by atomic mass is 10.1. The van der Waals surface area contributed by atoms with Crippen molar-refractivity contribution in [3.63, 3.8) is 0 Å². The van der Waals surface area contributed by atoms with Gasteiger partial charge in [0.1, 0.15) is 6.29 Å². The van der Waals surface area contributed by atoms with E-state index < -0.39 is 0 Å². The average Bonchev–Trinajstić information content (AvgIpc) is 2.53. The minimum absolute atomic E-state index is 0.236. The summed E-state index contributed by atoms with van der Waals surface area (Å²) in [6, 6.07) is 10.4. The molecule has 0 spiro atoms.